The van der Waals surface area contributed by atoms with E-state index in [9.17, 15) is 13.6 Å². The largest absolute Gasteiger partial charge is 0.755 e. The number of hydrogen-bond donors (Lipinski definition) is 1. The van der Waals surface area contributed by atoms with Crippen LogP contribution in [0.1, 0.15) is 61.7 Å². The summed E-state index contributed by atoms with van der Waals surface area (Å²) >= 11 is -2.71. The van der Waals surface area contributed by atoms with Gasteiger partial charge >= 0.3 is 6.11 Å². The van der Waals surface area contributed by atoms with Crippen LogP contribution in [-0.4, -0.2) is 63.3 Å². The fourth-order valence-electron chi connectivity index (χ4n) is 4.74. The number of benzene rings is 1. The Kier molecular flexibility index (Phi) is 7.86. The third-order valence-corrected chi connectivity index (χ3v) is 7.26. The molecule has 1 aliphatic heterocycles. The second kappa shape index (κ2) is 10.7. The van der Waals surface area contributed by atoms with Crippen molar-refractivity contribution in [2.75, 3.05) is 37.4 Å². The molecule has 184 valence electrons. The number of rotatable bonds is 8. The number of hydrogen-bond acceptors (Lipinski definition) is 5. The van der Waals surface area contributed by atoms with E-state index in [1.54, 1.807) is 4.90 Å². The second-order valence-corrected chi connectivity index (χ2v) is 10.1. The van der Waals surface area contributed by atoms with Gasteiger partial charge < -0.3 is 18.9 Å². The van der Waals surface area contributed by atoms with Crippen molar-refractivity contribution in [2.45, 2.75) is 57.5 Å². The molecule has 1 heterocycles. The van der Waals surface area contributed by atoms with Gasteiger partial charge in [0.1, 0.15) is 0 Å². The first-order chi connectivity index (χ1) is 15.8. The van der Waals surface area contributed by atoms with Crippen molar-refractivity contribution in [1.29, 1.82) is 0 Å². The summed E-state index contributed by atoms with van der Waals surface area (Å²) in [5.41, 5.74) is 0.0990. The zero-order valence-corrected chi connectivity index (χ0v) is 19.6. The number of carbonyl (C=O) groups is 1. The van der Waals surface area contributed by atoms with Crippen LogP contribution in [-0.2, 0) is 11.3 Å². The Balaban J connectivity index is 1.48. The van der Waals surface area contributed by atoms with Gasteiger partial charge in [0.2, 0.25) is 0 Å². The Morgan fingerprint density at radius 1 is 1.09 bits per heavy atom. The van der Waals surface area contributed by atoms with Crippen LogP contribution < -0.4 is 9.46 Å². The summed E-state index contributed by atoms with van der Waals surface area (Å²) in [5.74, 6) is -0.747. The van der Waals surface area contributed by atoms with Crippen LogP contribution in [0.15, 0.2) is 18.2 Å². The maximum absolute atomic E-state index is 15.0. The molecule has 2 saturated carbocycles. The van der Waals surface area contributed by atoms with E-state index in [0.717, 1.165) is 38.4 Å². The number of carbonyl (C=O) groups excluding carboxylic acids is 1. The highest BCUT2D eigenvalue weighted by Gasteiger charge is 2.42. The molecule has 0 radical (unpaired) electrons. The Bertz CT molecular complexity index is 852. The summed E-state index contributed by atoms with van der Waals surface area (Å²) in [4.78, 5) is 17.1. The second-order valence-electron chi connectivity index (χ2n) is 9.44. The zero-order chi connectivity index (χ0) is 23.4. The van der Waals surface area contributed by atoms with Crippen LogP contribution in [0.3, 0.4) is 0 Å². The standard InChI is InChI=1S/C23H33F2N3O4S/c24-23(25,19-5-3-1-2-4-6-19)32-21-15-18(9-10-20(21)26-33(30)31)22(29)28-13-11-27(12-14-28)16-17-7-8-17/h9-10,15,17,19,26H,1-8,11-14,16H2,(H,30,31)/p-1. The van der Waals surface area contributed by atoms with E-state index >= 15 is 8.78 Å². The molecule has 1 unspecified atom stereocenters. The molecule has 0 aromatic heterocycles. The molecule has 3 aliphatic rings. The first-order valence-corrected chi connectivity index (χ1v) is 13.0. The highest BCUT2D eigenvalue weighted by atomic mass is 32.2. The van der Waals surface area contributed by atoms with E-state index in [-0.39, 0.29) is 22.9 Å². The molecule has 1 N–H and O–H groups in total. The highest BCUT2D eigenvalue weighted by molar-refractivity contribution is 7.80. The highest BCUT2D eigenvalue weighted by Crippen LogP contribution is 2.40. The third kappa shape index (κ3) is 6.64. The molecular formula is C23H32F2N3O4S-. The van der Waals surface area contributed by atoms with Crippen molar-refractivity contribution in [3.8, 4) is 5.75 Å². The average molecular weight is 485 g/mol. The summed E-state index contributed by atoms with van der Waals surface area (Å²) in [5, 5.41) is 0. The maximum atomic E-state index is 15.0. The molecule has 1 amide bonds. The third-order valence-electron chi connectivity index (χ3n) is 6.87. The Labute approximate surface area is 196 Å². The van der Waals surface area contributed by atoms with E-state index in [0.29, 0.717) is 38.8 Å². The van der Waals surface area contributed by atoms with Gasteiger partial charge in [-0.25, -0.2) is 0 Å². The molecule has 0 spiro atoms. The van der Waals surface area contributed by atoms with Gasteiger partial charge in [-0.3, -0.25) is 13.9 Å². The average Bonchev–Trinajstić information content (AvgIpc) is 3.61. The van der Waals surface area contributed by atoms with Crippen LogP contribution in [0.25, 0.3) is 0 Å². The van der Waals surface area contributed by atoms with Gasteiger partial charge in [-0.05, 0) is 49.8 Å². The molecule has 1 saturated heterocycles. The number of nitrogens with one attached hydrogen (secondary N) is 1. The van der Waals surface area contributed by atoms with E-state index in [1.807, 2.05) is 0 Å². The number of anilines is 1. The van der Waals surface area contributed by atoms with Gasteiger partial charge in [0.25, 0.3) is 5.91 Å². The lowest BCUT2D eigenvalue weighted by atomic mass is 9.99. The normalized spacial score (nSPS) is 22.0. The fraction of sp³-hybridized carbons (Fsp3) is 0.696. The molecule has 7 nitrogen and oxygen atoms in total. The molecule has 1 aromatic carbocycles. The fourth-order valence-corrected chi connectivity index (χ4v) is 5.09. The number of piperazine rings is 1. The van der Waals surface area contributed by atoms with Gasteiger partial charge in [-0.2, -0.15) is 8.78 Å². The lowest BCUT2D eigenvalue weighted by Gasteiger charge is -2.35. The summed E-state index contributed by atoms with van der Waals surface area (Å²) in [7, 11) is 0. The number of alkyl halides is 2. The SMILES string of the molecule is O=C(c1ccc(NS(=O)[O-])c(OC(F)(F)C2CCCCCC2)c1)N1CCN(CC2CC2)CC1. The molecule has 1 aromatic rings. The summed E-state index contributed by atoms with van der Waals surface area (Å²) in [6.45, 7) is 3.80. The smallest absolute Gasteiger partial charge is 0.400 e. The van der Waals surface area contributed by atoms with Gasteiger partial charge in [0.15, 0.2) is 5.75 Å². The molecule has 3 fully saturated rings. The van der Waals surface area contributed by atoms with Gasteiger partial charge in [-0.1, -0.05) is 25.7 Å². The Morgan fingerprint density at radius 2 is 1.76 bits per heavy atom. The van der Waals surface area contributed by atoms with Crippen molar-refractivity contribution in [1.82, 2.24) is 9.80 Å². The molecule has 10 heteroatoms. The van der Waals surface area contributed by atoms with Gasteiger partial charge in [0, 0.05) is 49.6 Å². The minimum Gasteiger partial charge on any atom is -0.755 e. The summed E-state index contributed by atoms with van der Waals surface area (Å²) in [6, 6.07) is 3.99. The van der Waals surface area contributed by atoms with E-state index in [2.05, 4.69) is 9.62 Å². The first kappa shape index (κ1) is 24.3. The minimum absolute atomic E-state index is 0.109. The Hall–Kier alpha value is -1.78. The van der Waals surface area contributed by atoms with Crippen molar-refractivity contribution in [3.63, 3.8) is 0 Å². The lowest BCUT2D eigenvalue weighted by Crippen LogP contribution is -2.49. The number of ether oxygens (including phenoxy) is 1. The van der Waals surface area contributed by atoms with Crippen LogP contribution in [0.5, 0.6) is 5.75 Å². The van der Waals surface area contributed by atoms with Crippen molar-refractivity contribution < 1.29 is 27.1 Å². The maximum Gasteiger partial charge on any atom is 0.400 e. The van der Waals surface area contributed by atoms with Crippen molar-refractivity contribution in [3.05, 3.63) is 23.8 Å². The van der Waals surface area contributed by atoms with Crippen molar-refractivity contribution in [2.24, 2.45) is 11.8 Å². The van der Waals surface area contributed by atoms with Crippen LogP contribution in [0.4, 0.5) is 14.5 Å². The van der Waals surface area contributed by atoms with E-state index in [1.165, 1.54) is 31.0 Å². The lowest BCUT2D eigenvalue weighted by molar-refractivity contribution is -0.218. The van der Waals surface area contributed by atoms with E-state index in [4.69, 9.17) is 4.74 Å². The molecule has 1 atom stereocenters. The molecule has 0 bridgehead atoms. The zero-order valence-electron chi connectivity index (χ0n) is 18.8. The molecule has 4 rings (SSSR count). The molecular weight excluding hydrogens is 452 g/mol. The summed E-state index contributed by atoms with van der Waals surface area (Å²) in [6.07, 6.45) is 3.08. The monoisotopic (exact) mass is 484 g/mol. The van der Waals surface area contributed by atoms with Crippen LogP contribution in [0, 0.1) is 11.8 Å². The van der Waals surface area contributed by atoms with Crippen LogP contribution in [0.2, 0.25) is 0 Å². The predicted molar refractivity (Wildman–Crippen MR) is 121 cm³/mol. The number of halogens is 2. The number of nitrogens with zero attached hydrogens (tertiary/aromatic N) is 2. The first-order valence-electron chi connectivity index (χ1n) is 11.9. The number of amides is 1. The minimum atomic E-state index is -3.46. The Morgan fingerprint density at radius 3 is 2.36 bits per heavy atom. The quantitative estimate of drug-likeness (QED) is 0.445. The van der Waals surface area contributed by atoms with Crippen LogP contribution >= 0.6 is 0 Å². The predicted octanol–water partition coefficient (Wildman–Crippen LogP) is 4.00. The van der Waals surface area contributed by atoms with Gasteiger partial charge in [-0.15, -0.1) is 0 Å². The topological polar surface area (TPSA) is 84.9 Å². The van der Waals surface area contributed by atoms with Crippen molar-refractivity contribution >= 4 is 22.9 Å². The van der Waals surface area contributed by atoms with Gasteiger partial charge in [0.05, 0.1) is 11.6 Å². The summed E-state index contributed by atoms with van der Waals surface area (Å²) < 4.78 is 59.7. The van der Waals surface area contributed by atoms with E-state index < -0.39 is 23.3 Å². The molecule has 33 heavy (non-hydrogen) atoms. The molecule has 2 aliphatic carbocycles.